The minimum atomic E-state index is -0.358. The van der Waals surface area contributed by atoms with Crippen LogP contribution in [0.4, 0.5) is 0 Å². The van der Waals surface area contributed by atoms with Gasteiger partial charge in [0, 0.05) is 12.7 Å². The molecule has 0 saturated carbocycles. The van der Waals surface area contributed by atoms with Gasteiger partial charge in [0.15, 0.2) is 0 Å². The third-order valence-corrected chi connectivity index (χ3v) is 2.85. The smallest absolute Gasteiger partial charge is 0.330 e. The molecule has 4 heteroatoms. The molecule has 0 aliphatic heterocycles. The summed E-state index contributed by atoms with van der Waals surface area (Å²) in [4.78, 5) is 11.5. The van der Waals surface area contributed by atoms with Crippen molar-refractivity contribution in [1.29, 1.82) is 0 Å². The van der Waals surface area contributed by atoms with Crippen LogP contribution in [0.15, 0.2) is 30.3 Å². The zero-order chi connectivity index (χ0) is 15.3. The second-order valence-corrected chi connectivity index (χ2v) is 4.41. The number of esters is 1. The monoisotopic (exact) mass is 292 g/mol. The van der Waals surface area contributed by atoms with E-state index in [-0.39, 0.29) is 12.6 Å². The lowest BCUT2D eigenvalue weighted by molar-refractivity contribution is -0.139. The van der Waals surface area contributed by atoms with Crippen molar-refractivity contribution in [3.05, 3.63) is 41.5 Å². The minimum Gasteiger partial charge on any atom is -0.460 e. The first-order valence-corrected chi connectivity index (χ1v) is 7.35. The van der Waals surface area contributed by atoms with E-state index in [4.69, 9.17) is 14.2 Å². The van der Waals surface area contributed by atoms with Crippen LogP contribution in [-0.2, 0) is 25.4 Å². The van der Waals surface area contributed by atoms with Crippen LogP contribution in [0.25, 0.3) is 6.08 Å². The van der Waals surface area contributed by atoms with Crippen LogP contribution in [0.5, 0.6) is 0 Å². The van der Waals surface area contributed by atoms with Crippen molar-refractivity contribution in [3.8, 4) is 0 Å². The Hall–Kier alpha value is -1.65. The molecule has 0 unspecified atom stereocenters. The second kappa shape index (κ2) is 11.1. The fourth-order valence-electron chi connectivity index (χ4n) is 1.64. The van der Waals surface area contributed by atoms with Crippen LogP contribution in [0.3, 0.4) is 0 Å². The van der Waals surface area contributed by atoms with Gasteiger partial charge in [-0.3, -0.25) is 0 Å². The van der Waals surface area contributed by atoms with Gasteiger partial charge >= 0.3 is 5.97 Å². The Balaban J connectivity index is 2.16. The van der Waals surface area contributed by atoms with E-state index >= 15 is 0 Å². The SMILES string of the molecule is CCOCCOCCOC(=O)C=Cc1ccc(CC)cc1. The molecule has 1 aromatic carbocycles. The molecular formula is C17H24O4. The summed E-state index contributed by atoms with van der Waals surface area (Å²) in [5, 5.41) is 0. The lowest BCUT2D eigenvalue weighted by Crippen LogP contribution is -2.11. The van der Waals surface area contributed by atoms with Crippen LogP contribution in [0, 0.1) is 0 Å². The summed E-state index contributed by atoms with van der Waals surface area (Å²) in [6.45, 7) is 6.45. The van der Waals surface area contributed by atoms with Crippen molar-refractivity contribution in [2.24, 2.45) is 0 Å². The molecule has 0 heterocycles. The van der Waals surface area contributed by atoms with Gasteiger partial charge in [0.2, 0.25) is 0 Å². The lowest BCUT2D eigenvalue weighted by atomic mass is 10.1. The maximum absolute atomic E-state index is 11.5. The number of ether oxygens (including phenoxy) is 3. The Morgan fingerprint density at radius 3 is 2.33 bits per heavy atom. The van der Waals surface area contributed by atoms with Gasteiger partial charge in [0.25, 0.3) is 0 Å². The zero-order valence-corrected chi connectivity index (χ0v) is 12.8. The Morgan fingerprint density at radius 2 is 1.67 bits per heavy atom. The number of aryl methyl sites for hydroxylation is 1. The van der Waals surface area contributed by atoms with E-state index in [1.54, 1.807) is 6.08 Å². The number of carbonyl (C=O) groups is 1. The topological polar surface area (TPSA) is 44.8 Å². The molecule has 116 valence electrons. The summed E-state index contributed by atoms with van der Waals surface area (Å²) < 4.78 is 15.4. The zero-order valence-electron chi connectivity index (χ0n) is 12.8. The van der Waals surface area contributed by atoms with Gasteiger partial charge in [0.1, 0.15) is 6.61 Å². The van der Waals surface area contributed by atoms with E-state index in [1.165, 1.54) is 11.6 Å². The second-order valence-electron chi connectivity index (χ2n) is 4.41. The molecule has 0 radical (unpaired) electrons. The standard InChI is InChI=1S/C17H24O4/c1-3-15-5-7-16(8-6-15)9-10-17(18)21-14-13-20-12-11-19-4-2/h5-10H,3-4,11-14H2,1-2H3. The van der Waals surface area contributed by atoms with E-state index in [2.05, 4.69) is 19.1 Å². The van der Waals surface area contributed by atoms with Crippen LogP contribution in [0.1, 0.15) is 25.0 Å². The number of benzene rings is 1. The predicted molar refractivity (Wildman–Crippen MR) is 83.1 cm³/mol. The van der Waals surface area contributed by atoms with E-state index in [1.807, 2.05) is 19.1 Å². The largest absolute Gasteiger partial charge is 0.460 e. The number of rotatable bonds is 10. The van der Waals surface area contributed by atoms with Crippen molar-refractivity contribution >= 4 is 12.0 Å². The Bertz CT molecular complexity index is 423. The number of hydrogen-bond donors (Lipinski definition) is 0. The summed E-state index contributed by atoms with van der Waals surface area (Å²) in [5.74, 6) is -0.358. The van der Waals surface area contributed by atoms with Crippen molar-refractivity contribution in [2.45, 2.75) is 20.3 Å². The number of hydrogen-bond acceptors (Lipinski definition) is 4. The first-order chi connectivity index (χ1) is 10.3. The molecule has 0 N–H and O–H groups in total. The molecule has 0 amide bonds. The summed E-state index contributed by atoms with van der Waals surface area (Å²) in [6, 6.07) is 8.08. The highest BCUT2D eigenvalue weighted by Crippen LogP contribution is 2.06. The average molecular weight is 292 g/mol. The van der Waals surface area contributed by atoms with Gasteiger partial charge in [-0.15, -0.1) is 0 Å². The van der Waals surface area contributed by atoms with Crippen molar-refractivity contribution < 1.29 is 19.0 Å². The van der Waals surface area contributed by atoms with E-state index < -0.39 is 0 Å². The molecule has 1 rings (SSSR count). The molecule has 0 spiro atoms. The lowest BCUT2D eigenvalue weighted by Gasteiger charge is -2.04. The summed E-state index contributed by atoms with van der Waals surface area (Å²) in [5.41, 5.74) is 2.26. The van der Waals surface area contributed by atoms with Gasteiger partial charge in [-0.25, -0.2) is 4.79 Å². The molecule has 4 nitrogen and oxygen atoms in total. The summed E-state index contributed by atoms with van der Waals surface area (Å²) in [6.07, 6.45) is 4.19. The van der Waals surface area contributed by atoms with Crippen LogP contribution < -0.4 is 0 Å². The van der Waals surface area contributed by atoms with Gasteiger partial charge in [-0.2, -0.15) is 0 Å². The van der Waals surface area contributed by atoms with Crippen molar-refractivity contribution in [1.82, 2.24) is 0 Å². The molecular weight excluding hydrogens is 268 g/mol. The molecule has 21 heavy (non-hydrogen) atoms. The molecule has 0 aliphatic rings. The third kappa shape index (κ3) is 8.27. The molecule has 0 atom stereocenters. The summed E-state index contributed by atoms with van der Waals surface area (Å²) >= 11 is 0. The Morgan fingerprint density at radius 1 is 1.00 bits per heavy atom. The predicted octanol–water partition coefficient (Wildman–Crippen LogP) is 2.86. The quantitative estimate of drug-likeness (QED) is 0.378. The Kier molecular flexibility index (Phi) is 9.16. The average Bonchev–Trinajstić information content (AvgIpc) is 2.52. The highest BCUT2D eigenvalue weighted by Gasteiger charge is 1.97. The minimum absolute atomic E-state index is 0.254. The van der Waals surface area contributed by atoms with Crippen LogP contribution in [-0.4, -0.2) is 39.0 Å². The van der Waals surface area contributed by atoms with Crippen LogP contribution >= 0.6 is 0 Å². The Labute approximate surface area is 126 Å². The van der Waals surface area contributed by atoms with Gasteiger partial charge in [-0.05, 0) is 30.5 Å². The molecule has 0 bridgehead atoms. The number of carbonyl (C=O) groups excluding carboxylic acids is 1. The molecule has 0 aromatic heterocycles. The maximum Gasteiger partial charge on any atom is 0.330 e. The molecule has 0 aliphatic carbocycles. The first-order valence-electron chi connectivity index (χ1n) is 7.35. The fraction of sp³-hybridized carbons (Fsp3) is 0.471. The fourth-order valence-corrected chi connectivity index (χ4v) is 1.64. The maximum atomic E-state index is 11.5. The van der Waals surface area contributed by atoms with E-state index in [9.17, 15) is 4.79 Å². The molecule has 0 fully saturated rings. The van der Waals surface area contributed by atoms with Gasteiger partial charge in [0.05, 0.1) is 19.8 Å². The van der Waals surface area contributed by atoms with Gasteiger partial charge < -0.3 is 14.2 Å². The van der Waals surface area contributed by atoms with E-state index in [0.29, 0.717) is 26.4 Å². The highest BCUT2D eigenvalue weighted by atomic mass is 16.6. The van der Waals surface area contributed by atoms with Crippen molar-refractivity contribution in [3.63, 3.8) is 0 Å². The van der Waals surface area contributed by atoms with Gasteiger partial charge in [-0.1, -0.05) is 31.2 Å². The third-order valence-electron chi connectivity index (χ3n) is 2.85. The summed E-state index contributed by atoms with van der Waals surface area (Å²) in [7, 11) is 0. The van der Waals surface area contributed by atoms with Crippen LogP contribution in [0.2, 0.25) is 0 Å². The van der Waals surface area contributed by atoms with Crippen molar-refractivity contribution in [2.75, 3.05) is 33.0 Å². The highest BCUT2D eigenvalue weighted by molar-refractivity contribution is 5.87. The van der Waals surface area contributed by atoms with E-state index in [0.717, 1.165) is 12.0 Å². The molecule has 1 aromatic rings. The normalized spacial score (nSPS) is 11.0. The molecule has 0 saturated heterocycles. The first kappa shape index (κ1) is 17.4.